The van der Waals surface area contributed by atoms with E-state index in [1.54, 1.807) is 19.1 Å². The lowest BCUT2D eigenvalue weighted by atomic mass is 10.1. The fourth-order valence-electron chi connectivity index (χ4n) is 2.01. The Balaban J connectivity index is 2.36. The highest BCUT2D eigenvalue weighted by atomic mass is 35.5. The molecule has 22 heavy (non-hydrogen) atoms. The highest BCUT2D eigenvalue weighted by Gasteiger charge is 2.17. The Bertz CT molecular complexity index is 699. The normalized spacial score (nSPS) is 10.2. The van der Waals surface area contributed by atoms with E-state index in [9.17, 15) is 9.18 Å². The molecule has 0 radical (unpaired) electrons. The largest absolute Gasteiger partial charge is 0.493 e. The average molecular weight is 324 g/mol. The van der Waals surface area contributed by atoms with Gasteiger partial charge in [-0.25, -0.2) is 4.39 Å². The molecule has 2 rings (SSSR count). The molecule has 2 aromatic rings. The number of hydrogen-bond donors (Lipinski definition) is 1. The zero-order valence-corrected chi connectivity index (χ0v) is 13.1. The molecule has 0 spiro atoms. The second kappa shape index (κ2) is 6.66. The number of anilines is 1. The molecule has 2 aromatic carbocycles. The summed E-state index contributed by atoms with van der Waals surface area (Å²) in [4.78, 5) is 12.3. The van der Waals surface area contributed by atoms with Gasteiger partial charge in [0.1, 0.15) is 5.82 Å². The topological polar surface area (TPSA) is 47.6 Å². The highest BCUT2D eigenvalue weighted by molar-refractivity contribution is 6.34. The molecule has 0 atom stereocenters. The van der Waals surface area contributed by atoms with E-state index < -0.39 is 11.7 Å². The van der Waals surface area contributed by atoms with Gasteiger partial charge in [0.25, 0.3) is 5.91 Å². The van der Waals surface area contributed by atoms with Crippen LogP contribution < -0.4 is 14.8 Å². The maximum absolute atomic E-state index is 13.8. The maximum Gasteiger partial charge on any atom is 0.260 e. The fourth-order valence-corrected chi connectivity index (χ4v) is 2.26. The molecule has 0 aliphatic carbocycles. The summed E-state index contributed by atoms with van der Waals surface area (Å²) in [5.74, 6) is -0.300. The van der Waals surface area contributed by atoms with E-state index >= 15 is 0 Å². The van der Waals surface area contributed by atoms with Crippen LogP contribution in [0.4, 0.5) is 10.1 Å². The Hall–Kier alpha value is -2.27. The van der Waals surface area contributed by atoms with Crippen LogP contribution in [0.2, 0.25) is 5.02 Å². The zero-order chi connectivity index (χ0) is 16.3. The van der Waals surface area contributed by atoms with E-state index in [1.165, 1.54) is 32.4 Å². The third kappa shape index (κ3) is 3.14. The number of nitrogens with one attached hydrogen (secondary N) is 1. The van der Waals surface area contributed by atoms with Crippen molar-refractivity contribution in [2.45, 2.75) is 6.92 Å². The summed E-state index contributed by atoms with van der Waals surface area (Å²) >= 11 is 5.89. The minimum atomic E-state index is -0.678. The van der Waals surface area contributed by atoms with Crippen LogP contribution in [-0.2, 0) is 0 Å². The van der Waals surface area contributed by atoms with Crippen LogP contribution in [0.3, 0.4) is 0 Å². The van der Waals surface area contributed by atoms with Gasteiger partial charge in [0.05, 0.1) is 24.8 Å². The Morgan fingerprint density at radius 3 is 2.41 bits per heavy atom. The molecule has 1 N–H and O–H groups in total. The zero-order valence-electron chi connectivity index (χ0n) is 12.4. The van der Waals surface area contributed by atoms with Crippen LogP contribution in [0.1, 0.15) is 15.9 Å². The summed E-state index contributed by atoms with van der Waals surface area (Å²) in [7, 11) is 3.02. The molecule has 0 fully saturated rings. The van der Waals surface area contributed by atoms with Crippen molar-refractivity contribution < 1.29 is 18.7 Å². The van der Waals surface area contributed by atoms with Crippen molar-refractivity contribution in [2.75, 3.05) is 19.5 Å². The van der Waals surface area contributed by atoms with Crippen LogP contribution in [0.15, 0.2) is 30.3 Å². The van der Waals surface area contributed by atoms with Crippen molar-refractivity contribution in [1.29, 1.82) is 0 Å². The first-order valence-electron chi connectivity index (χ1n) is 6.46. The Labute approximate surface area is 132 Å². The van der Waals surface area contributed by atoms with Crippen molar-refractivity contribution in [2.24, 2.45) is 0 Å². The molecule has 0 saturated heterocycles. The fraction of sp³-hybridized carbons (Fsp3) is 0.188. The standard InChI is InChI=1S/C16H15ClFNO3/c1-9-7-13(21-2)14(22-3)8-12(9)19-16(20)15-10(17)5-4-6-11(15)18/h4-8H,1-3H3,(H,19,20). The number of carbonyl (C=O) groups is 1. The lowest BCUT2D eigenvalue weighted by molar-refractivity contribution is 0.102. The van der Waals surface area contributed by atoms with Crippen LogP contribution >= 0.6 is 11.6 Å². The molecular weight excluding hydrogens is 309 g/mol. The van der Waals surface area contributed by atoms with E-state index in [2.05, 4.69) is 5.32 Å². The highest BCUT2D eigenvalue weighted by Crippen LogP contribution is 2.33. The molecule has 0 aromatic heterocycles. The number of hydrogen-bond acceptors (Lipinski definition) is 3. The van der Waals surface area contributed by atoms with Gasteiger partial charge in [-0.1, -0.05) is 17.7 Å². The molecule has 116 valence electrons. The summed E-state index contributed by atoms with van der Waals surface area (Å²) in [6, 6.07) is 7.41. The Morgan fingerprint density at radius 2 is 1.82 bits per heavy atom. The van der Waals surface area contributed by atoms with Crippen molar-refractivity contribution in [1.82, 2.24) is 0 Å². The number of carbonyl (C=O) groups excluding carboxylic acids is 1. The molecule has 0 saturated carbocycles. The average Bonchev–Trinajstić information content (AvgIpc) is 2.48. The number of benzene rings is 2. The molecule has 0 unspecified atom stereocenters. The molecule has 0 aliphatic heterocycles. The van der Waals surface area contributed by atoms with Crippen LogP contribution in [-0.4, -0.2) is 20.1 Å². The maximum atomic E-state index is 13.8. The molecular formula is C16H15ClFNO3. The van der Waals surface area contributed by atoms with Crippen LogP contribution in [0, 0.1) is 12.7 Å². The van der Waals surface area contributed by atoms with Crippen LogP contribution in [0.5, 0.6) is 11.5 Å². The second-order valence-corrected chi connectivity index (χ2v) is 4.98. The second-order valence-electron chi connectivity index (χ2n) is 4.57. The summed E-state index contributed by atoms with van der Waals surface area (Å²) in [5, 5.41) is 2.69. The van der Waals surface area contributed by atoms with Gasteiger partial charge in [0.2, 0.25) is 0 Å². The molecule has 6 heteroatoms. The van der Waals surface area contributed by atoms with E-state index in [1.807, 2.05) is 0 Å². The summed E-state index contributed by atoms with van der Waals surface area (Å²) in [6.07, 6.45) is 0. The van der Waals surface area contributed by atoms with Crippen molar-refractivity contribution in [3.8, 4) is 11.5 Å². The van der Waals surface area contributed by atoms with E-state index in [4.69, 9.17) is 21.1 Å². The number of aryl methyl sites for hydroxylation is 1. The lowest BCUT2D eigenvalue weighted by Gasteiger charge is -2.14. The number of amides is 1. The monoisotopic (exact) mass is 323 g/mol. The Kier molecular flexibility index (Phi) is 4.88. The first kappa shape index (κ1) is 16.1. The predicted molar refractivity (Wildman–Crippen MR) is 83.6 cm³/mol. The third-order valence-electron chi connectivity index (χ3n) is 3.17. The van der Waals surface area contributed by atoms with Crippen LogP contribution in [0.25, 0.3) is 0 Å². The number of halogens is 2. The third-order valence-corrected chi connectivity index (χ3v) is 3.48. The number of methoxy groups -OCH3 is 2. The minimum absolute atomic E-state index is 0.0515. The van der Waals surface area contributed by atoms with Gasteiger partial charge in [-0.15, -0.1) is 0 Å². The smallest absolute Gasteiger partial charge is 0.260 e. The SMILES string of the molecule is COc1cc(C)c(NC(=O)c2c(F)cccc2Cl)cc1OC. The predicted octanol–water partition coefficient (Wildman–Crippen LogP) is 4.06. The molecule has 4 nitrogen and oxygen atoms in total. The van der Waals surface area contributed by atoms with Gasteiger partial charge in [-0.3, -0.25) is 4.79 Å². The van der Waals surface area contributed by atoms with Gasteiger partial charge in [0, 0.05) is 11.8 Å². The first-order valence-corrected chi connectivity index (χ1v) is 6.83. The van der Waals surface area contributed by atoms with Gasteiger partial charge in [-0.2, -0.15) is 0 Å². The van der Waals surface area contributed by atoms with Crippen molar-refractivity contribution >= 4 is 23.2 Å². The molecule has 1 amide bonds. The summed E-state index contributed by atoms with van der Waals surface area (Å²) in [5.41, 5.74) is 1.04. The van der Waals surface area contributed by atoms with E-state index in [0.717, 1.165) is 5.56 Å². The number of ether oxygens (including phenoxy) is 2. The summed E-state index contributed by atoms with van der Waals surface area (Å²) < 4.78 is 24.1. The first-order chi connectivity index (χ1) is 10.5. The Morgan fingerprint density at radius 1 is 1.18 bits per heavy atom. The van der Waals surface area contributed by atoms with Crippen molar-refractivity contribution in [3.05, 3.63) is 52.3 Å². The number of rotatable bonds is 4. The molecule has 0 heterocycles. The van der Waals surface area contributed by atoms with Gasteiger partial charge < -0.3 is 14.8 Å². The lowest BCUT2D eigenvalue weighted by Crippen LogP contribution is -2.15. The van der Waals surface area contributed by atoms with Gasteiger partial charge in [-0.05, 0) is 30.7 Å². The van der Waals surface area contributed by atoms with Gasteiger partial charge >= 0.3 is 0 Å². The minimum Gasteiger partial charge on any atom is -0.493 e. The van der Waals surface area contributed by atoms with E-state index in [-0.39, 0.29) is 10.6 Å². The van der Waals surface area contributed by atoms with Crippen molar-refractivity contribution in [3.63, 3.8) is 0 Å². The van der Waals surface area contributed by atoms with Gasteiger partial charge in [0.15, 0.2) is 11.5 Å². The molecule has 0 bridgehead atoms. The van der Waals surface area contributed by atoms with E-state index in [0.29, 0.717) is 17.2 Å². The summed E-state index contributed by atoms with van der Waals surface area (Å²) in [6.45, 7) is 1.79. The molecule has 0 aliphatic rings. The quantitative estimate of drug-likeness (QED) is 0.923.